The molecule has 0 aliphatic carbocycles. The number of nitrogens with two attached hydrogens (primary N) is 1. The number of rotatable bonds is 6. The third kappa shape index (κ3) is 3.41. The highest BCUT2D eigenvalue weighted by atomic mass is 32.2. The van der Waals surface area contributed by atoms with Crippen molar-refractivity contribution in [2.45, 2.75) is 11.4 Å². The van der Waals surface area contributed by atoms with Crippen LogP contribution in [-0.2, 0) is 24.0 Å². The molecule has 0 bridgehead atoms. The van der Waals surface area contributed by atoms with E-state index in [0.29, 0.717) is 11.3 Å². The number of ether oxygens (including phenoxy) is 1. The van der Waals surface area contributed by atoms with E-state index in [4.69, 9.17) is 10.5 Å². The van der Waals surface area contributed by atoms with Gasteiger partial charge in [0.05, 0.1) is 13.7 Å². The molecule has 0 spiro atoms. The molecule has 2 aliphatic rings. The number of β-lactam (4-membered cyclic amide) rings is 1. The van der Waals surface area contributed by atoms with Crippen molar-refractivity contribution in [2.24, 2.45) is 5.16 Å². The predicted molar refractivity (Wildman–Crippen MR) is 99.0 cm³/mol. The van der Waals surface area contributed by atoms with Crippen LogP contribution in [0.2, 0.25) is 0 Å². The van der Waals surface area contributed by atoms with Gasteiger partial charge in [-0.05, 0) is 5.57 Å². The van der Waals surface area contributed by atoms with E-state index in [2.05, 4.69) is 24.7 Å². The van der Waals surface area contributed by atoms with Gasteiger partial charge in [0.15, 0.2) is 5.13 Å². The minimum Gasteiger partial charge on any atom is -0.464 e. The molecule has 0 radical (unpaired) electrons. The first-order valence-electron chi connectivity index (χ1n) is 7.80. The van der Waals surface area contributed by atoms with Crippen molar-refractivity contribution in [2.75, 3.05) is 32.3 Å². The van der Waals surface area contributed by atoms with Crippen LogP contribution < -0.4 is 11.1 Å². The number of carbonyl (C=O) groups excluding carboxylic acids is 3. The van der Waals surface area contributed by atoms with Gasteiger partial charge in [-0.1, -0.05) is 5.16 Å². The summed E-state index contributed by atoms with van der Waals surface area (Å²) in [6.45, 7) is -0.382. The number of nitrogens with zero attached hydrogens (tertiary/aromatic N) is 4. The van der Waals surface area contributed by atoms with Crippen molar-refractivity contribution < 1.29 is 29.1 Å². The van der Waals surface area contributed by atoms with Gasteiger partial charge in [-0.2, -0.15) is 9.36 Å². The first-order valence-corrected chi connectivity index (χ1v) is 9.62. The van der Waals surface area contributed by atoms with Crippen LogP contribution in [0.15, 0.2) is 16.4 Å². The van der Waals surface area contributed by atoms with Gasteiger partial charge < -0.3 is 25.7 Å². The van der Waals surface area contributed by atoms with Gasteiger partial charge in [-0.25, -0.2) is 4.79 Å². The molecule has 28 heavy (non-hydrogen) atoms. The average molecular weight is 428 g/mol. The molecule has 0 aromatic carbocycles. The second-order valence-electron chi connectivity index (χ2n) is 5.54. The van der Waals surface area contributed by atoms with E-state index in [1.54, 1.807) is 0 Å². The molecule has 3 heterocycles. The van der Waals surface area contributed by atoms with Crippen LogP contribution in [0.25, 0.3) is 0 Å². The molecule has 4 N–H and O–H groups in total. The number of aliphatic hydroxyl groups is 1. The van der Waals surface area contributed by atoms with Gasteiger partial charge in [-0.15, -0.1) is 11.8 Å². The summed E-state index contributed by atoms with van der Waals surface area (Å²) in [6.07, 6.45) is 0. The fraction of sp³-hybridized carbons (Fsp3) is 0.429. The van der Waals surface area contributed by atoms with E-state index in [0.717, 1.165) is 11.5 Å². The van der Waals surface area contributed by atoms with Crippen LogP contribution in [0.4, 0.5) is 5.13 Å². The quantitative estimate of drug-likeness (QED) is 0.205. The van der Waals surface area contributed by atoms with Crippen LogP contribution in [0.3, 0.4) is 0 Å². The Morgan fingerprint density at radius 1 is 1.46 bits per heavy atom. The fourth-order valence-corrected chi connectivity index (χ4v) is 4.48. The van der Waals surface area contributed by atoms with Crippen molar-refractivity contribution in [3.8, 4) is 0 Å². The van der Waals surface area contributed by atoms with Gasteiger partial charge in [0.2, 0.25) is 11.5 Å². The van der Waals surface area contributed by atoms with E-state index in [-0.39, 0.29) is 29.0 Å². The standard InChI is InChI=1S/C14H16N6O6S2/c1-25-13(24)8-5(3-21)4-27-12-7(11(23)20(8)12)16-10(22)6(18-26-2)9-17-14(15)28-19-9/h7,12,21H,3-4H2,1-2H3,(H,16,22)(H2,15,17,19)/b18-6-. The monoisotopic (exact) mass is 428 g/mol. The lowest BCUT2D eigenvalue weighted by Gasteiger charge is -2.49. The maximum atomic E-state index is 12.6. The number of hydrogen-bond acceptors (Lipinski definition) is 12. The third-order valence-electron chi connectivity index (χ3n) is 3.95. The Kier molecular flexibility index (Phi) is 5.81. The summed E-state index contributed by atoms with van der Waals surface area (Å²) in [6, 6.07) is -0.907. The summed E-state index contributed by atoms with van der Waals surface area (Å²) in [4.78, 5) is 47.0. The highest BCUT2D eigenvalue weighted by Crippen LogP contribution is 2.40. The van der Waals surface area contributed by atoms with Crippen molar-refractivity contribution in [3.63, 3.8) is 0 Å². The smallest absolute Gasteiger partial charge is 0.354 e. The normalized spacial score (nSPS) is 21.8. The van der Waals surface area contributed by atoms with Crippen molar-refractivity contribution in [1.29, 1.82) is 0 Å². The molecule has 2 amide bonds. The third-order valence-corrected chi connectivity index (χ3v) is 5.84. The number of carbonyl (C=O) groups is 3. The highest BCUT2D eigenvalue weighted by Gasteiger charge is 2.54. The van der Waals surface area contributed by atoms with Gasteiger partial charge >= 0.3 is 5.97 Å². The minimum atomic E-state index is -0.907. The van der Waals surface area contributed by atoms with Gasteiger partial charge in [-0.3, -0.25) is 14.5 Å². The van der Waals surface area contributed by atoms with Crippen LogP contribution in [0.5, 0.6) is 0 Å². The van der Waals surface area contributed by atoms with Crippen molar-refractivity contribution in [1.82, 2.24) is 19.6 Å². The fourth-order valence-electron chi connectivity index (χ4n) is 2.71. The van der Waals surface area contributed by atoms with E-state index in [1.807, 2.05) is 0 Å². The molecule has 1 aromatic heterocycles. The SMILES string of the molecule is CO/N=C(\C(=O)NC1C(=O)N2C(C(=O)OC)=C(CO)CSC12)c1nsc(N)n1. The summed E-state index contributed by atoms with van der Waals surface area (Å²) in [7, 11) is 2.44. The summed E-state index contributed by atoms with van der Waals surface area (Å²) in [5.41, 5.74) is 5.68. The highest BCUT2D eigenvalue weighted by molar-refractivity contribution is 8.00. The molecule has 1 fully saturated rings. The number of amides is 2. The van der Waals surface area contributed by atoms with Crippen LogP contribution in [-0.4, -0.2) is 80.9 Å². The maximum Gasteiger partial charge on any atom is 0.354 e. The summed E-state index contributed by atoms with van der Waals surface area (Å²) in [5, 5.41) is 15.2. The van der Waals surface area contributed by atoms with Crippen LogP contribution >= 0.6 is 23.3 Å². The lowest BCUT2D eigenvalue weighted by Crippen LogP contribution is -2.71. The number of aliphatic hydroxyl groups excluding tert-OH is 1. The predicted octanol–water partition coefficient (Wildman–Crippen LogP) is -1.71. The Morgan fingerprint density at radius 2 is 2.21 bits per heavy atom. The Balaban J connectivity index is 1.79. The molecule has 3 rings (SSSR count). The minimum absolute atomic E-state index is 0.00368. The number of esters is 1. The zero-order chi connectivity index (χ0) is 20.4. The van der Waals surface area contributed by atoms with E-state index < -0.39 is 29.2 Å². The molecule has 1 aromatic rings. The first kappa shape index (κ1) is 20.0. The number of aromatic nitrogens is 2. The lowest BCUT2D eigenvalue weighted by atomic mass is 10.0. The van der Waals surface area contributed by atoms with Gasteiger partial charge in [0.1, 0.15) is 24.2 Å². The molecule has 2 atom stereocenters. The molecule has 2 unspecified atom stereocenters. The summed E-state index contributed by atoms with van der Waals surface area (Å²) < 4.78 is 8.62. The first-order chi connectivity index (χ1) is 13.4. The molecule has 12 nitrogen and oxygen atoms in total. The van der Waals surface area contributed by atoms with E-state index in [1.165, 1.54) is 30.9 Å². The Hall–Kier alpha value is -2.71. The Bertz CT molecular complexity index is 883. The number of thioether (sulfide) groups is 1. The van der Waals surface area contributed by atoms with Gasteiger partial charge in [0, 0.05) is 17.3 Å². The number of oxime groups is 1. The number of anilines is 1. The number of nitrogens with one attached hydrogen (secondary N) is 1. The zero-order valence-electron chi connectivity index (χ0n) is 14.7. The van der Waals surface area contributed by atoms with Crippen LogP contribution in [0, 0.1) is 0 Å². The van der Waals surface area contributed by atoms with Gasteiger partial charge in [0.25, 0.3) is 11.8 Å². The largest absolute Gasteiger partial charge is 0.464 e. The number of fused-ring (bicyclic) bond motifs is 1. The topological polar surface area (TPSA) is 169 Å². The maximum absolute atomic E-state index is 12.6. The Morgan fingerprint density at radius 3 is 2.79 bits per heavy atom. The lowest BCUT2D eigenvalue weighted by molar-refractivity contribution is -0.151. The number of hydrogen-bond donors (Lipinski definition) is 3. The molecular formula is C14H16N6O6S2. The Labute approximate surface area is 166 Å². The number of methoxy groups -OCH3 is 1. The van der Waals surface area contributed by atoms with Crippen molar-refractivity contribution in [3.05, 3.63) is 17.1 Å². The summed E-state index contributed by atoms with van der Waals surface area (Å²) in [5.74, 6) is -1.68. The van der Waals surface area contributed by atoms with E-state index >= 15 is 0 Å². The molecule has 0 saturated carbocycles. The molecule has 1 saturated heterocycles. The zero-order valence-corrected chi connectivity index (χ0v) is 16.4. The second kappa shape index (κ2) is 8.12. The average Bonchev–Trinajstić information content (AvgIpc) is 3.13. The molecule has 14 heteroatoms. The second-order valence-corrected chi connectivity index (χ2v) is 7.43. The molecule has 2 aliphatic heterocycles. The van der Waals surface area contributed by atoms with E-state index in [9.17, 15) is 19.5 Å². The van der Waals surface area contributed by atoms with Crippen LogP contribution in [0.1, 0.15) is 5.82 Å². The molecular weight excluding hydrogens is 412 g/mol. The summed E-state index contributed by atoms with van der Waals surface area (Å²) >= 11 is 2.18. The number of nitrogen functional groups attached to an aromatic ring is 1. The van der Waals surface area contributed by atoms with Crippen molar-refractivity contribution >= 4 is 51.9 Å². The molecule has 150 valence electrons.